The first kappa shape index (κ1) is 27.5. The van der Waals surface area contributed by atoms with Crippen LogP contribution in [0.4, 0.5) is 0 Å². The van der Waals surface area contributed by atoms with Crippen molar-refractivity contribution in [3.05, 3.63) is 95.8 Å². The summed E-state index contributed by atoms with van der Waals surface area (Å²) < 4.78 is 12.5. The van der Waals surface area contributed by atoms with Gasteiger partial charge in [0.25, 0.3) is 11.5 Å². The molecule has 1 unspecified atom stereocenters. The van der Waals surface area contributed by atoms with Gasteiger partial charge in [0.15, 0.2) is 4.80 Å². The van der Waals surface area contributed by atoms with Crippen molar-refractivity contribution in [2.24, 2.45) is 4.99 Å². The Hall–Kier alpha value is -4.09. The highest BCUT2D eigenvalue weighted by Crippen LogP contribution is 2.33. The Labute approximate surface area is 219 Å². The predicted molar refractivity (Wildman–Crippen MR) is 140 cm³/mol. The molecule has 1 aliphatic heterocycles. The molecule has 0 bridgehead atoms. The molecule has 1 atom stereocenters. The number of carboxylic acid groups (broad SMARTS) is 1. The van der Waals surface area contributed by atoms with Crippen LogP contribution in [0.2, 0.25) is 0 Å². The minimum atomic E-state index is -0.833. The van der Waals surface area contributed by atoms with Gasteiger partial charge in [-0.05, 0) is 30.5 Å². The van der Waals surface area contributed by atoms with Crippen molar-refractivity contribution >= 4 is 46.7 Å². The van der Waals surface area contributed by atoms with E-state index < -0.39 is 23.9 Å². The highest BCUT2D eigenvalue weighted by Gasteiger charge is 2.33. The van der Waals surface area contributed by atoms with Gasteiger partial charge in [0, 0.05) is 24.3 Å². The second-order valence-corrected chi connectivity index (χ2v) is 9.62. The van der Waals surface area contributed by atoms with Gasteiger partial charge in [-0.2, -0.15) is 0 Å². The Balaban J connectivity index is 0.000000886. The molecule has 0 saturated carbocycles. The number of ether oxygens (including phenoxy) is 2. The molecule has 1 aromatic carbocycles. The molecular weight excluding hydrogens is 516 g/mol. The summed E-state index contributed by atoms with van der Waals surface area (Å²) in [6.45, 7) is 7.78. The van der Waals surface area contributed by atoms with Gasteiger partial charge in [0.05, 0.1) is 15.8 Å². The SMILES string of the molecule is C=CCOC(=O)C1=C(C)N=c2s/c(=C/c3ccccc3OC(C)=O)c(=O)n2C1c1cccs1.CC(=O)O. The first-order valence-electron chi connectivity index (χ1n) is 10.9. The van der Waals surface area contributed by atoms with Gasteiger partial charge in [-0.25, -0.2) is 9.79 Å². The van der Waals surface area contributed by atoms with Gasteiger partial charge in [-0.15, -0.1) is 11.3 Å². The van der Waals surface area contributed by atoms with E-state index in [2.05, 4.69) is 11.6 Å². The number of thiophene rings is 1. The second kappa shape index (κ2) is 12.2. The summed E-state index contributed by atoms with van der Waals surface area (Å²) in [5, 5.41) is 9.31. The second-order valence-electron chi connectivity index (χ2n) is 7.63. The zero-order chi connectivity index (χ0) is 27.1. The van der Waals surface area contributed by atoms with Crippen molar-refractivity contribution in [3.63, 3.8) is 0 Å². The molecule has 37 heavy (non-hydrogen) atoms. The molecule has 0 spiro atoms. The lowest BCUT2D eigenvalue weighted by molar-refractivity contribution is -0.138. The van der Waals surface area contributed by atoms with E-state index in [1.54, 1.807) is 37.3 Å². The first-order chi connectivity index (χ1) is 17.6. The molecule has 9 nitrogen and oxygen atoms in total. The van der Waals surface area contributed by atoms with Crippen LogP contribution in [0.5, 0.6) is 5.75 Å². The molecular formula is C26H24N2O7S2. The fourth-order valence-electron chi connectivity index (χ4n) is 3.50. The number of fused-ring (bicyclic) bond motifs is 1. The normalized spacial score (nSPS) is 14.6. The van der Waals surface area contributed by atoms with E-state index >= 15 is 0 Å². The maximum Gasteiger partial charge on any atom is 0.338 e. The third-order valence-electron chi connectivity index (χ3n) is 4.85. The summed E-state index contributed by atoms with van der Waals surface area (Å²) in [4.78, 5) is 52.7. The fourth-order valence-corrected chi connectivity index (χ4v) is 5.36. The quantitative estimate of drug-likeness (QED) is 0.290. The molecule has 0 aliphatic carbocycles. The zero-order valence-electron chi connectivity index (χ0n) is 20.3. The van der Waals surface area contributed by atoms with Gasteiger partial charge < -0.3 is 14.6 Å². The Morgan fingerprint density at radius 2 is 1.89 bits per heavy atom. The van der Waals surface area contributed by atoms with E-state index in [-0.39, 0.29) is 12.2 Å². The summed E-state index contributed by atoms with van der Waals surface area (Å²) in [6, 6.07) is 10.1. The third kappa shape index (κ3) is 6.57. The van der Waals surface area contributed by atoms with Crippen molar-refractivity contribution in [2.75, 3.05) is 6.61 Å². The van der Waals surface area contributed by atoms with Crippen LogP contribution in [-0.2, 0) is 19.1 Å². The number of esters is 2. The monoisotopic (exact) mass is 540 g/mol. The van der Waals surface area contributed by atoms with E-state index in [1.807, 2.05) is 17.5 Å². The number of allylic oxidation sites excluding steroid dienone is 1. The minimum absolute atomic E-state index is 0.0597. The van der Waals surface area contributed by atoms with Crippen LogP contribution < -0.4 is 19.6 Å². The molecule has 11 heteroatoms. The van der Waals surface area contributed by atoms with Crippen LogP contribution in [0, 0.1) is 0 Å². The number of hydrogen-bond donors (Lipinski definition) is 1. The molecule has 3 heterocycles. The van der Waals surface area contributed by atoms with Gasteiger partial charge in [-0.3, -0.25) is 19.0 Å². The van der Waals surface area contributed by atoms with Crippen LogP contribution in [0.25, 0.3) is 6.08 Å². The van der Waals surface area contributed by atoms with Crippen molar-refractivity contribution in [2.45, 2.75) is 26.8 Å². The largest absolute Gasteiger partial charge is 0.481 e. The van der Waals surface area contributed by atoms with Crippen LogP contribution in [0.1, 0.15) is 37.3 Å². The van der Waals surface area contributed by atoms with Crippen LogP contribution >= 0.6 is 22.7 Å². The fraction of sp³-hybridized carbons (Fsp3) is 0.192. The van der Waals surface area contributed by atoms with E-state index in [0.29, 0.717) is 31.9 Å². The molecule has 192 valence electrons. The summed E-state index contributed by atoms with van der Waals surface area (Å²) in [5.41, 5.74) is 1.11. The van der Waals surface area contributed by atoms with Crippen LogP contribution in [-0.4, -0.2) is 34.2 Å². The number of rotatable bonds is 6. The molecule has 0 radical (unpaired) electrons. The molecule has 0 saturated heterocycles. The Morgan fingerprint density at radius 3 is 2.51 bits per heavy atom. The van der Waals surface area contributed by atoms with Crippen molar-refractivity contribution in [1.82, 2.24) is 4.57 Å². The van der Waals surface area contributed by atoms with Gasteiger partial charge >= 0.3 is 11.9 Å². The number of para-hydroxylation sites is 1. The maximum absolute atomic E-state index is 13.5. The number of carboxylic acids is 1. The number of carbonyl (C=O) groups is 3. The van der Waals surface area contributed by atoms with Gasteiger partial charge in [-0.1, -0.05) is 48.3 Å². The van der Waals surface area contributed by atoms with E-state index in [4.69, 9.17) is 19.4 Å². The summed E-state index contributed by atoms with van der Waals surface area (Å²) in [5.74, 6) is -1.46. The maximum atomic E-state index is 13.5. The number of aliphatic carboxylic acids is 1. The highest BCUT2D eigenvalue weighted by atomic mass is 32.1. The first-order valence-corrected chi connectivity index (χ1v) is 12.6. The number of nitrogens with zero attached hydrogens (tertiary/aromatic N) is 2. The van der Waals surface area contributed by atoms with Gasteiger partial charge in [0.1, 0.15) is 18.4 Å². The van der Waals surface area contributed by atoms with E-state index in [1.165, 1.54) is 40.2 Å². The average molecular weight is 541 g/mol. The number of carbonyl (C=O) groups excluding carboxylic acids is 2. The average Bonchev–Trinajstić information content (AvgIpc) is 3.46. The Morgan fingerprint density at radius 1 is 1.19 bits per heavy atom. The lowest BCUT2D eigenvalue weighted by atomic mass is 10.0. The number of hydrogen-bond acceptors (Lipinski definition) is 9. The Bertz CT molecular complexity index is 1540. The summed E-state index contributed by atoms with van der Waals surface area (Å²) in [7, 11) is 0. The van der Waals surface area contributed by atoms with E-state index in [9.17, 15) is 14.4 Å². The lowest BCUT2D eigenvalue weighted by Gasteiger charge is -2.23. The van der Waals surface area contributed by atoms with Crippen molar-refractivity contribution in [3.8, 4) is 5.75 Å². The van der Waals surface area contributed by atoms with Crippen LogP contribution in [0.15, 0.2) is 75.5 Å². The molecule has 1 aliphatic rings. The summed E-state index contributed by atoms with van der Waals surface area (Å²) >= 11 is 2.66. The topological polar surface area (TPSA) is 124 Å². The van der Waals surface area contributed by atoms with Crippen molar-refractivity contribution < 1.29 is 29.0 Å². The molecule has 3 aromatic rings. The van der Waals surface area contributed by atoms with Gasteiger partial charge in [0.2, 0.25) is 0 Å². The number of aromatic nitrogens is 1. The number of benzene rings is 1. The predicted octanol–water partition coefficient (Wildman–Crippen LogP) is 3.04. The highest BCUT2D eigenvalue weighted by molar-refractivity contribution is 7.10. The Kier molecular flexibility index (Phi) is 9.10. The molecule has 0 fully saturated rings. The van der Waals surface area contributed by atoms with E-state index in [0.717, 1.165) is 11.8 Å². The standard InChI is InChI=1S/C24H20N2O5S2.C2H4O2/c1-4-11-30-23(29)20-14(2)25-24-26(21(20)18-10-7-12-32-18)22(28)19(33-24)13-16-8-5-6-9-17(16)31-15(3)27;1-2(3)4/h4-10,12-13,21H,1,11H2,2-3H3;1H3,(H,3,4)/b19-13+;. The van der Waals surface area contributed by atoms with Crippen LogP contribution in [0.3, 0.4) is 0 Å². The van der Waals surface area contributed by atoms with Crippen molar-refractivity contribution in [1.29, 1.82) is 0 Å². The summed E-state index contributed by atoms with van der Waals surface area (Å²) in [6.07, 6.45) is 3.16. The smallest absolute Gasteiger partial charge is 0.338 e. The minimum Gasteiger partial charge on any atom is -0.481 e. The molecule has 0 amide bonds. The lowest BCUT2D eigenvalue weighted by Crippen LogP contribution is -2.39. The third-order valence-corrected chi connectivity index (χ3v) is 6.75. The zero-order valence-corrected chi connectivity index (χ0v) is 21.9. The molecule has 4 rings (SSSR count). The molecule has 1 N–H and O–H groups in total. The molecule has 2 aromatic heterocycles. The number of thiazole rings is 1.